The molecule has 5 heteroatoms. The molecule has 19 heavy (non-hydrogen) atoms. The van der Waals surface area contributed by atoms with Gasteiger partial charge in [-0.15, -0.1) is 0 Å². The first kappa shape index (κ1) is 13.5. The minimum Gasteiger partial charge on any atom is -0.467 e. The summed E-state index contributed by atoms with van der Waals surface area (Å²) in [6, 6.07) is 8.14. The molecule has 1 unspecified atom stereocenters. The maximum Gasteiger partial charge on any atom is 0.333 e. The molecule has 1 fully saturated rings. The molecule has 1 aliphatic heterocycles. The number of carbonyl (C=O) groups is 2. The van der Waals surface area contributed by atoms with Gasteiger partial charge in [0.05, 0.1) is 13.2 Å². The van der Waals surface area contributed by atoms with Crippen molar-refractivity contribution in [3.05, 3.63) is 35.9 Å². The molecule has 2 N–H and O–H groups in total. The third kappa shape index (κ3) is 3.32. The number of methoxy groups -OCH3 is 1. The summed E-state index contributed by atoms with van der Waals surface area (Å²) in [6.07, 6.45) is 1.78. The summed E-state index contributed by atoms with van der Waals surface area (Å²) in [5.74, 6) is -0.616. The molecule has 1 saturated heterocycles. The van der Waals surface area contributed by atoms with E-state index in [9.17, 15) is 9.59 Å². The summed E-state index contributed by atoms with van der Waals surface area (Å²) in [5.41, 5.74) is 0.723. The van der Waals surface area contributed by atoms with Crippen LogP contribution in [0.2, 0.25) is 0 Å². The van der Waals surface area contributed by atoms with Gasteiger partial charge in [-0.25, -0.2) is 4.79 Å². The minimum absolute atomic E-state index is 0.156. The Bertz CT molecular complexity index is 441. The number of benzene rings is 1. The van der Waals surface area contributed by atoms with Crippen molar-refractivity contribution in [3.8, 4) is 0 Å². The maximum absolute atomic E-state index is 12.1. The number of esters is 1. The molecule has 0 aliphatic carbocycles. The Kier molecular flexibility index (Phi) is 4.52. The highest BCUT2D eigenvalue weighted by Gasteiger charge is 2.28. The molecule has 0 aromatic heterocycles. The van der Waals surface area contributed by atoms with Gasteiger partial charge in [0.25, 0.3) is 0 Å². The van der Waals surface area contributed by atoms with Crippen LogP contribution < -0.4 is 10.6 Å². The van der Waals surface area contributed by atoms with Gasteiger partial charge in [0.1, 0.15) is 0 Å². The molecule has 102 valence electrons. The van der Waals surface area contributed by atoms with Gasteiger partial charge in [0.2, 0.25) is 5.91 Å². The molecule has 1 heterocycles. The molecule has 1 aromatic carbocycles. The van der Waals surface area contributed by atoms with Gasteiger partial charge in [-0.3, -0.25) is 4.79 Å². The summed E-state index contributed by atoms with van der Waals surface area (Å²) in [7, 11) is 1.32. The molecular weight excluding hydrogens is 244 g/mol. The lowest BCUT2D eigenvalue weighted by molar-refractivity contribution is -0.145. The van der Waals surface area contributed by atoms with E-state index in [4.69, 9.17) is 4.74 Å². The van der Waals surface area contributed by atoms with Crippen molar-refractivity contribution in [1.29, 1.82) is 0 Å². The van der Waals surface area contributed by atoms with Crippen molar-refractivity contribution in [2.24, 2.45) is 0 Å². The molecule has 1 aromatic rings. The molecule has 2 atom stereocenters. The van der Waals surface area contributed by atoms with Crippen LogP contribution in [0.5, 0.6) is 0 Å². The number of nitrogens with one attached hydrogen (secondary N) is 2. The quantitative estimate of drug-likeness (QED) is 0.786. The second kappa shape index (κ2) is 6.33. The minimum atomic E-state index is -0.749. The lowest BCUT2D eigenvalue weighted by Gasteiger charge is -2.19. The van der Waals surface area contributed by atoms with E-state index in [2.05, 4.69) is 10.6 Å². The highest BCUT2D eigenvalue weighted by molar-refractivity contribution is 5.88. The van der Waals surface area contributed by atoms with E-state index in [0.717, 1.165) is 24.9 Å². The van der Waals surface area contributed by atoms with Crippen molar-refractivity contribution < 1.29 is 14.3 Å². The predicted octanol–water partition coefficient (Wildman–Crippen LogP) is 0.769. The number of hydrogen-bond acceptors (Lipinski definition) is 4. The lowest BCUT2D eigenvalue weighted by Crippen LogP contribution is -2.44. The molecule has 0 bridgehead atoms. The Balaban J connectivity index is 2.10. The van der Waals surface area contributed by atoms with E-state index >= 15 is 0 Å². The zero-order valence-corrected chi connectivity index (χ0v) is 10.9. The van der Waals surface area contributed by atoms with Gasteiger partial charge in [0, 0.05) is 0 Å². The van der Waals surface area contributed by atoms with Crippen molar-refractivity contribution in [1.82, 2.24) is 10.6 Å². The maximum atomic E-state index is 12.1. The smallest absolute Gasteiger partial charge is 0.333 e. The van der Waals surface area contributed by atoms with Crippen LogP contribution in [-0.4, -0.2) is 31.6 Å². The van der Waals surface area contributed by atoms with E-state index < -0.39 is 12.0 Å². The fourth-order valence-electron chi connectivity index (χ4n) is 2.19. The van der Waals surface area contributed by atoms with Gasteiger partial charge in [-0.1, -0.05) is 30.3 Å². The van der Waals surface area contributed by atoms with Crippen LogP contribution in [-0.2, 0) is 14.3 Å². The molecule has 0 radical (unpaired) electrons. The van der Waals surface area contributed by atoms with Gasteiger partial charge < -0.3 is 15.4 Å². The first-order valence-electron chi connectivity index (χ1n) is 6.39. The standard InChI is InChI=1S/C14H18N2O3/c1-19-14(18)12(10-6-3-2-4-7-10)16-13(17)11-8-5-9-15-11/h2-4,6-7,11-12,15H,5,8-9H2,1H3,(H,16,17)/t11-,12?/m0/s1. The van der Waals surface area contributed by atoms with Crippen LogP contribution >= 0.6 is 0 Å². The fraction of sp³-hybridized carbons (Fsp3) is 0.429. The molecule has 1 aliphatic rings. The average molecular weight is 262 g/mol. The summed E-state index contributed by atoms with van der Waals surface area (Å²) >= 11 is 0. The number of ether oxygens (including phenoxy) is 1. The van der Waals surface area contributed by atoms with Gasteiger partial charge in [-0.2, -0.15) is 0 Å². The van der Waals surface area contributed by atoms with Gasteiger partial charge in [-0.05, 0) is 24.9 Å². The van der Waals surface area contributed by atoms with Gasteiger partial charge >= 0.3 is 5.97 Å². The number of amides is 1. The third-order valence-corrected chi connectivity index (χ3v) is 3.23. The van der Waals surface area contributed by atoms with Crippen LogP contribution in [0, 0.1) is 0 Å². The van der Waals surface area contributed by atoms with Crippen LogP contribution in [0.25, 0.3) is 0 Å². The largest absolute Gasteiger partial charge is 0.467 e. The average Bonchev–Trinajstić information content (AvgIpc) is 2.99. The molecule has 2 rings (SSSR count). The molecule has 0 saturated carbocycles. The Morgan fingerprint density at radius 3 is 2.68 bits per heavy atom. The first-order valence-corrected chi connectivity index (χ1v) is 6.39. The normalized spacial score (nSPS) is 19.7. The van der Waals surface area contributed by atoms with E-state index in [0.29, 0.717) is 0 Å². The number of carbonyl (C=O) groups excluding carboxylic acids is 2. The Hall–Kier alpha value is -1.88. The first-order chi connectivity index (χ1) is 9.22. The second-order valence-electron chi connectivity index (χ2n) is 4.52. The van der Waals surface area contributed by atoms with Crippen molar-refractivity contribution in [3.63, 3.8) is 0 Å². The fourth-order valence-corrected chi connectivity index (χ4v) is 2.19. The van der Waals surface area contributed by atoms with Crippen LogP contribution in [0.4, 0.5) is 0 Å². The Morgan fingerprint density at radius 1 is 1.37 bits per heavy atom. The van der Waals surface area contributed by atoms with E-state index in [-0.39, 0.29) is 11.9 Å². The van der Waals surface area contributed by atoms with E-state index in [1.165, 1.54) is 7.11 Å². The summed E-state index contributed by atoms with van der Waals surface area (Å²) < 4.78 is 4.76. The highest BCUT2D eigenvalue weighted by atomic mass is 16.5. The molecule has 5 nitrogen and oxygen atoms in total. The number of rotatable bonds is 4. The zero-order valence-electron chi connectivity index (χ0n) is 10.9. The van der Waals surface area contributed by atoms with Crippen LogP contribution in [0.3, 0.4) is 0 Å². The Morgan fingerprint density at radius 2 is 2.11 bits per heavy atom. The van der Waals surface area contributed by atoms with Gasteiger partial charge in [0.15, 0.2) is 6.04 Å². The topological polar surface area (TPSA) is 67.4 Å². The third-order valence-electron chi connectivity index (χ3n) is 3.23. The van der Waals surface area contributed by atoms with Crippen LogP contribution in [0.15, 0.2) is 30.3 Å². The van der Waals surface area contributed by atoms with E-state index in [1.807, 2.05) is 18.2 Å². The second-order valence-corrected chi connectivity index (χ2v) is 4.52. The van der Waals surface area contributed by atoms with Crippen LogP contribution in [0.1, 0.15) is 24.4 Å². The number of hydrogen-bond donors (Lipinski definition) is 2. The summed E-state index contributed by atoms with van der Waals surface area (Å²) in [5, 5.41) is 5.86. The highest BCUT2D eigenvalue weighted by Crippen LogP contribution is 2.15. The lowest BCUT2D eigenvalue weighted by atomic mass is 10.1. The van der Waals surface area contributed by atoms with Crippen molar-refractivity contribution in [2.45, 2.75) is 24.9 Å². The molecular formula is C14H18N2O3. The summed E-state index contributed by atoms with van der Waals surface area (Å²) in [4.78, 5) is 23.9. The zero-order chi connectivity index (χ0) is 13.7. The summed E-state index contributed by atoms with van der Waals surface area (Å²) in [6.45, 7) is 0.840. The van der Waals surface area contributed by atoms with Crippen molar-refractivity contribution >= 4 is 11.9 Å². The van der Waals surface area contributed by atoms with Crippen molar-refractivity contribution in [2.75, 3.05) is 13.7 Å². The van der Waals surface area contributed by atoms with E-state index in [1.54, 1.807) is 12.1 Å². The SMILES string of the molecule is COC(=O)C(NC(=O)[C@@H]1CCCN1)c1ccccc1. The Labute approximate surface area is 112 Å². The monoisotopic (exact) mass is 262 g/mol. The molecule has 0 spiro atoms. The molecule has 1 amide bonds. The predicted molar refractivity (Wildman–Crippen MR) is 70.4 cm³/mol.